The Bertz CT molecular complexity index is 591. The molecule has 1 aliphatic heterocycles. The molecule has 4 heteroatoms. The molecule has 0 unspecified atom stereocenters. The third-order valence-corrected chi connectivity index (χ3v) is 4.74. The van der Waals surface area contributed by atoms with Crippen molar-refractivity contribution in [2.45, 2.75) is 57.7 Å². The Balaban J connectivity index is 2.01. The van der Waals surface area contributed by atoms with Crippen LogP contribution in [0.15, 0.2) is 18.2 Å². The van der Waals surface area contributed by atoms with Crippen LogP contribution in [0.3, 0.4) is 0 Å². The number of anilines is 1. The summed E-state index contributed by atoms with van der Waals surface area (Å²) in [4.78, 5) is 14.1. The minimum Gasteiger partial charge on any atom is -0.365 e. The Hall–Kier alpha value is -1.42. The maximum absolute atomic E-state index is 14.1. The van der Waals surface area contributed by atoms with Gasteiger partial charge in [-0.15, -0.1) is 0 Å². The second kappa shape index (κ2) is 5.34. The molecule has 1 aromatic carbocycles. The smallest absolute Gasteiger partial charge is 0.164 e. The van der Waals surface area contributed by atoms with Gasteiger partial charge in [0.1, 0.15) is 5.82 Å². The van der Waals surface area contributed by atoms with Crippen LogP contribution in [-0.2, 0) is 4.74 Å². The van der Waals surface area contributed by atoms with E-state index in [2.05, 4.69) is 18.7 Å². The molecule has 120 valence electrons. The summed E-state index contributed by atoms with van der Waals surface area (Å²) in [7, 11) is 0. The lowest BCUT2D eigenvalue weighted by atomic mass is 9.93. The number of ketones is 1. The number of rotatable bonds is 2. The summed E-state index contributed by atoms with van der Waals surface area (Å²) in [6.45, 7) is 6.98. The Morgan fingerprint density at radius 3 is 2.55 bits per heavy atom. The van der Waals surface area contributed by atoms with Crippen molar-refractivity contribution >= 4 is 11.5 Å². The number of hydrogen-bond acceptors (Lipinski definition) is 3. The Labute approximate surface area is 131 Å². The summed E-state index contributed by atoms with van der Waals surface area (Å²) in [5, 5.41) is 0. The van der Waals surface area contributed by atoms with Crippen molar-refractivity contribution < 1.29 is 13.9 Å². The molecule has 2 fully saturated rings. The van der Waals surface area contributed by atoms with Crippen LogP contribution < -0.4 is 4.90 Å². The third-order valence-electron chi connectivity index (χ3n) is 4.74. The molecule has 0 aromatic heterocycles. The van der Waals surface area contributed by atoms with Gasteiger partial charge in [0.15, 0.2) is 5.78 Å². The summed E-state index contributed by atoms with van der Waals surface area (Å²) < 4.78 is 20.5. The largest absolute Gasteiger partial charge is 0.365 e. The molecule has 1 saturated carbocycles. The van der Waals surface area contributed by atoms with E-state index in [4.69, 9.17) is 4.74 Å². The Morgan fingerprint density at radius 2 is 1.91 bits per heavy atom. The number of nitrogens with zero attached hydrogens (tertiary/aromatic N) is 1. The number of carbonyl (C=O) groups excluding carboxylic acids is 1. The summed E-state index contributed by atoms with van der Waals surface area (Å²) >= 11 is 0. The van der Waals surface area contributed by atoms with Gasteiger partial charge in [-0.25, -0.2) is 4.39 Å². The lowest BCUT2D eigenvalue weighted by Crippen LogP contribution is -2.59. The number of morpholine rings is 1. The highest BCUT2D eigenvalue weighted by atomic mass is 19.1. The van der Waals surface area contributed by atoms with Gasteiger partial charge >= 0.3 is 0 Å². The fraction of sp³-hybridized carbons (Fsp3) is 0.611. The van der Waals surface area contributed by atoms with Crippen molar-refractivity contribution in [3.05, 3.63) is 29.6 Å². The van der Waals surface area contributed by atoms with Crippen LogP contribution in [0.4, 0.5) is 10.1 Å². The fourth-order valence-corrected chi connectivity index (χ4v) is 4.09. The molecule has 0 N–H and O–H groups in total. The minimum absolute atomic E-state index is 0.151. The Kier molecular flexibility index (Phi) is 3.76. The van der Waals surface area contributed by atoms with Gasteiger partial charge in [-0.3, -0.25) is 4.79 Å². The molecule has 3 nitrogen and oxygen atoms in total. The van der Waals surface area contributed by atoms with Crippen LogP contribution in [0.25, 0.3) is 0 Å². The highest BCUT2D eigenvalue weighted by Crippen LogP contribution is 2.42. The number of Topliss-reactive ketones (excluding diaryl/α,β-unsaturated/α-hetero) is 1. The van der Waals surface area contributed by atoms with Crippen LogP contribution in [-0.4, -0.2) is 30.1 Å². The second-order valence-corrected chi connectivity index (χ2v) is 7.30. The van der Waals surface area contributed by atoms with Gasteiger partial charge in [0.25, 0.3) is 0 Å². The van der Waals surface area contributed by atoms with Crippen LogP contribution in [0.5, 0.6) is 0 Å². The van der Waals surface area contributed by atoms with Crippen molar-refractivity contribution in [3.8, 4) is 0 Å². The van der Waals surface area contributed by atoms with E-state index < -0.39 is 5.82 Å². The first-order chi connectivity index (χ1) is 10.3. The van der Waals surface area contributed by atoms with E-state index in [1.54, 1.807) is 6.07 Å². The molecule has 0 amide bonds. The number of benzene rings is 1. The Morgan fingerprint density at radius 1 is 1.23 bits per heavy atom. The van der Waals surface area contributed by atoms with Crippen LogP contribution >= 0.6 is 0 Å². The molecule has 1 saturated heterocycles. The molecule has 0 radical (unpaired) electrons. The monoisotopic (exact) mass is 305 g/mol. The number of carbonyl (C=O) groups is 1. The highest BCUT2D eigenvalue weighted by Gasteiger charge is 2.46. The van der Waals surface area contributed by atoms with Crippen LogP contribution in [0, 0.1) is 5.82 Å². The van der Waals surface area contributed by atoms with E-state index in [1.807, 2.05) is 6.07 Å². The summed E-state index contributed by atoms with van der Waals surface area (Å²) in [5.41, 5.74) is 0.453. The SMILES string of the molecule is CC(=O)c1c(F)cccc1N1CC(C)(C)OC2(CCCC2)C1. The molecule has 1 aliphatic carbocycles. The lowest BCUT2D eigenvalue weighted by Gasteiger charge is -2.50. The van der Waals surface area contributed by atoms with E-state index in [1.165, 1.54) is 25.8 Å². The molecule has 2 aliphatic rings. The average molecular weight is 305 g/mol. The van der Waals surface area contributed by atoms with Crippen LogP contribution in [0.2, 0.25) is 0 Å². The molecule has 1 spiro atoms. The van der Waals surface area contributed by atoms with Gasteiger partial charge in [-0.2, -0.15) is 0 Å². The van der Waals surface area contributed by atoms with E-state index >= 15 is 0 Å². The van der Waals surface area contributed by atoms with Gasteiger partial charge in [-0.1, -0.05) is 18.9 Å². The zero-order chi connectivity index (χ0) is 16.0. The molecule has 1 aromatic rings. The zero-order valence-electron chi connectivity index (χ0n) is 13.6. The molecule has 0 bridgehead atoms. The molecule has 0 atom stereocenters. The molecular formula is C18H24FNO2. The van der Waals surface area contributed by atoms with Gasteiger partial charge in [0, 0.05) is 13.1 Å². The molecule has 3 rings (SSSR count). The third kappa shape index (κ3) is 2.76. The molecule has 1 heterocycles. The van der Waals surface area contributed by atoms with Crippen molar-refractivity contribution in [1.29, 1.82) is 0 Å². The van der Waals surface area contributed by atoms with Gasteiger partial charge in [0.05, 0.1) is 22.5 Å². The quantitative estimate of drug-likeness (QED) is 0.775. The molecular weight excluding hydrogens is 281 g/mol. The highest BCUT2D eigenvalue weighted by molar-refractivity contribution is 6.00. The normalized spacial score (nSPS) is 23.0. The van der Waals surface area contributed by atoms with E-state index in [-0.39, 0.29) is 22.5 Å². The second-order valence-electron chi connectivity index (χ2n) is 7.30. The van der Waals surface area contributed by atoms with Crippen molar-refractivity contribution in [1.82, 2.24) is 0 Å². The zero-order valence-corrected chi connectivity index (χ0v) is 13.6. The van der Waals surface area contributed by atoms with Crippen molar-refractivity contribution in [2.24, 2.45) is 0 Å². The summed E-state index contributed by atoms with van der Waals surface area (Å²) in [6, 6.07) is 4.89. The number of hydrogen-bond donors (Lipinski definition) is 0. The first-order valence-corrected chi connectivity index (χ1v) is 8.07. The number of ether oxygens (including phenoxy) is 1. The topological polar surface area (TPSA) is 29.5 Å². The molecule has 22 heavy (non-hydrogen) atoms. The van der Waals surface area contributed by atoms with E-state index in [0.29, 0.717) is 12.2 Å². The summed E-state index contributed by atoms with van der Waals surface area (Å²) in [5.74, 6) is -0.660. The van der Waals surface area contributed by atoms with Gasteiger partial charge in [0.2, 0.25) is 0 Å². The first kappa shape index (κ1) is 15.5. The van der Waals surface area contributed by atoms with Gasteiger partial charge in [-0.05, 0) is 45.7 Å². The predicted molar refractivity (Wildman–Crippen MR) is 85.0 cm³/mol. The van der Waals surface area contributed by atoms with Crippen LogP contribution in [0.1, 0.15) is 56.8 Å². The fourth-order valence-electron chi connectivity index (χ4n) is 4.09. The minimum atomic E-state index is -0.435. The van der Waals surface area contributed by atoms with Crippen molar-refractivity contribution in [3.63, 3.8) is 0 Å². The predicted octanol–water partition coefficient (Wildman–Crippen LogP) is 3.96. The van der Waals surface area contributed by atoms with Gasteiger partial charge < -0.3 is 9.64 Å². The maximum atomic E-state index is 14.1. The van der Waals surface area contributed by atoms with E-state index in [9.17, 15) is 9.18 Å². The summed E-state index contributed by atoms with van der Waals surface area (Å²) in [6.07, 6.45) is 4.43. The maximum Gasteiger partial charge on any atom is 0.164 e. The lowest BCUT2D eigenvalue weighted by molar-refractivity contribution is -0.148. The van der Waals surface area contributed by atoms with Crippen molar-refractivity contribution in [2.75, 3.05) is 18.0 Å². The standard InChI is InChI=1S/C18H24FNO2/c1-13(21)16-14(19)7-6-8-15(16)20-11-17(2,3)22-18(12-20)9-4-5-10-18/h6-8H,4-5,9-12H2,1-3H3. The van der Waals surface area contributed by atoms with E-state index in [0.717, 1.165) is 19.4 Å². The first-order valence-electron chi connectivity index (χ1n) is 8.07. The number of halogens is 1. The average Bonchev–Trinajstić information content (AvgIpc) is 2.83.